The highest BCUT2D eigenvalue weighted by Crippen LogP contribution is 2.27. The SMILES string of the molecule is CN1CCCc2cc(Nc3ncc4c(=N)n(-c5c(Cl)cccc5Cl)c(=O)[nH]c4n3)ccc2C1. The molecule has 0 spiro atoms. The summed E-state index contributed by atoms with van der Waals surface area (Å²) in [6.45, 7) is 2.01. The van der Waals surface area contributed by atoms with Crippen LogP contribution in [0.2, 0.25) is 10.0 Å². The van der Waals surface area contributed by atoms with Crippen LogP contribution in [0.25, 0.3) is 16.7 Å². The van der Waals surface area contributed by atoms with Gasteiger partial charge in [-0.2, -0.15) is 4.98 Å². The van der Waals surface area contributed by atoms with E-state index in [1.165, 1.54) is 17.3 Å². The molecule has 1 aliphatic heterocycles. The summed E-state index contributed by atoms with van der Waals surface area (Å²) in [7, 11) is 2.13. The van der Waals surface area contributed by atoms with Crippen molar-refractivity contribution in [2.24, 2.45) is 0 Å². The number of nitrogens with zero attached hydrogens (tertiary/aromatic N) is 4. The molecular formula is C23H21Cl2N7O. The monoisotopic (exact) mass is 481 g/mol. The normalized spacial score (nSPS) is 14.2. The Morgan fingerprint density at radius 3 is 2.73 bits per heavy atom. The molecule has 3 heterocycles. The Morgan fingerprint density at radius 2 is 1.94 bits per heavy atom. The predicted molar refractivity (Wildman–Crippen MR) is 130 cm³/mol. The Kier molecular flexibility index (Phi) is 5.65. The number of benzene rings is 2. The van der Waals surface area contributed by atoms with Crippen LogP contribution in [-0.4, -0.2) is 38.0 Å². The number of fused-ring (bicyclic) bond motifs is 2. The van der Waals surface area contributed by atoms with Crippen LogP contribution in [0.15, 0.2) is 47.4 Å². The Bertz CT molecular complexity index is 1470. The fourth-order valence-corrected chi connectivity index (χ4v) is 4.70. The van der Waals surface area contributed by atoms with Crippen LogP contribution < -0.4 is 16.5 Å². The molecule has 0 aliphatic carbocycles. The van der Waals surface area contributed by atoms with Gasteiger partial charge in [0.25, 0.3) is 0 Å². The summed E-state index contributed by atoms with van der Waals surface area (Å²) in [5.41, 5.74) is 3.33. The smallest absolute Gasteiger partial charge is 0.324 e. The van der Waals surface area contributed by atoms with Gasteiger partial charge in [-0.05, 0) is 61.8 Å². The standard InChI is InChI=1S/C23H21Cl2N7O/c1-31-9-3-4-13-10-15(8-7-14(13)12-31)28-22-27-11-16-20(26)32(23(33)30-21(16)29-22)19-17(24)5-2-6-18(19)25/h2,5-8,10-11,26H,3-4,9,12H2,1H3,(H2,27,28,29,30,33). The lowest BCUT2D eigenvalue weighted by Gasteiger charge is -2.14. The van der Waals surface area contributed by atoms with Crippen LogP contribution in [-0.2, 0) is 13.0 Å². The van der Waals surface area contributed by atoms with Gasteiger partial charge in [0.15, 0.2) is 5.65 Å². The van der Waals surface area contributed by atoms with Gasteiger partial charge >= 0.3 is 5.69 Å². The van der Waals surface area contributed by atoms with E-state index in [1.807, 2.05) is 6.07 Å². The molecule has 0 fully saturated rings. The maximum atomic E-state index is 12.8. The number of para-hydroxylation sites is 1. The van der Waals surface area contributed by atoms with Crippen molar-refractivity contribution in [3.63, 3.8) is 0 Å². The van der Waals surface area contributed by atoms with Gasteiger partial charge in [-0.1, -0.05) is 35.3 Å². The lowest BCUT2D eigenvalue weighted by atomic mass is 10.0. The van der Waals surface area contributed by atoms with Gasteiger partial charge in [0, 0.05) is 18.4 Å². The van der Waals surface area contributed by atoms with Crippen molar-refractivity contribution in [3.8, 4) is 5.69 Å². The van der Waals surface area contributed by atoms with E-state index in [1.54, 1.807) is 18.2 Å². The summed E-state index contributed by atoms with van der Waals surface area (Å²) in [5.74, 6) is 0.330. The first-order valence-electron chi connectivity index (χ1n) is 10.5. The van der Waals surface area contributed by atoms with Crippen molar-refractivity contribution >= 4 is 45.9 Å². The van der Waals surface area contributed by atoms with Crippen molar-refractivity contribution in [1.29, 1.82) is 5.41 Å². The molecule has 2 aromatic carbocycles. The molecule has 0 saturated carbocycles. The first-order chi connectivity index (χ1) is 15.9. The van der Waals surface area contributed by atoms with Crippen LogP contribution >= 0.6 is 23.2 Å². The number of nitrogens with one attached hydrogen (secondary N) is 3. The number of aromatic amines is 1. The largest absolute Gasteiger partial charge is 0.333 e. The number of halogens is 2. The number of aromatic nitrogens is 4. The molecule has 8 nitrogen and oxygen atoms in total. The van der Waals surface area contributed by atoms with Gasteiger partial charge in [-0.3, -0.25) is 10.4 Å². The highest BCUT2D eigenvalue weighted by molar-refractivity contribution is 6.37. The molecule has 0 unspecified atom stereocenters. The third kappa shape index (κ3) is 4.13. The third-order valence-corrected chi connectivity index (χ3v) is 6.36. The van der Waals surface area contributed by atoms with Gasteiger partial charge in [0.05, 0.1) is 21.1 Å². The van der Waals surface area contributed by atoms with E-state index in [9.17, 15) is 4.79 Å². The average molecular weight is 482 g/mol. The highest BCUT2D eigenvalue weighted by atomic mass is 35.5. The van der Waals surface area contributed by atoms with Crippen molar-refractivity contribution < 1.29 is 0 Å². The minimum absolute atomic E-state index is 0.107. The molecule has 33 heavy (non-hydrogen) atoms. The number of rotatable bonds is 3. The average Bonchev–Trinajstić information content (AvgIpc) is 2.95. The summed E-state index contributed by atoms with van der Waals surface area (Å²) in [6, 6.07) is 11.2. The zero-order valence-electron chi connectivity index (χ0n) is 17.8. The molecule has 4 aromatic rings. The van der Waals surface area contributed by atoms with Crippen molar-refractivity contribution in [2.45, 2.75) is 19.4 Å². The van der Waals surface area contributed by atoms with Crippen molar-refractivity contribution in [1.82, 2.24) is 24.4 Å². The molecule has 3 N–H and O–H groups in total. The number of hydrogen-bond acceptors (Lipinski definition) is 6. The number of anilines is 2. The topological polar surface area (TPSA) is 103 Å². The molecule has 0 radical (unpaired) electrons. The second kappa shape index (κ2) is 8.62. The Labute approximate surface area is 199 Å². The van der Waals surface area contributed by atoms with E-state index in [0.29, 0.717) is 11.3 Å². The summed E-state index contributed by atoms with van der Waals surface area (Å²) < 4.78 is 1.12. The molecule has 168 valence electrons. The molecule has 10 heteroatoms. The zero-order chi connectivity index (χ0) is 23.1. The van der Waals surface area contributed by atoms with E-state index in [-0.39, 0.29) is 26.9 Å². The van der Waals surface area contributed by atoms with Gasteiger partial charge in [-0.25, -0.2) is 14.3 Å². The summed E-state index contributed by atoms with van der Waals surface area (Å²) in [4.78, 5) is 26.7. The van der Waals surface area contributed by atoms with E-state index in [2.05, 4.69) is 44.3 Å². The van der Waals surface area contributed by atoms with Gasteiger partial charge < -0.3 is 10.2 Å². The van der Waals surface area contributed by atoms with Crippen LogP contribution in [0.3, 0.4) is 0 Å². The minimum atomic E-state index is -0.568. The molecule has 5 rings (SSSR count). The summed E-state index contributed by atoms with van der Waals surface area (Å²) in [6.07, 6.45) is 3.64. The van der Waals surface area contributed by atoms with Crippen LogP contribution in [0.5, 0.6) is 0 Å². The second-order valence-corrected chi connectivity index (χ2v) is 8.90. The zero-order valence-corrected chi connectivity index (χ0v) is 19.3. The van der Waals surface area contributed by atoms with Crippen molar-refractivity contribution in [2.75, 3.05) is 18.9 Å². The molecule has 0 bridgehead atoms. The summed E-state index contributed by atoms with van der Waals surface area (Å²) >= 11 is 12.5. The fraction of sp³-hybridized carbons (Fsp3) is 0.217. The Balaban J connectivity index is 1.52. The second-order valence-electron chi connectivity index (χ2n) is 8.09. The van der Waals surface area contributed by atoms with Gasteiger partial charge in [0.2, 0.25) is 5.95 Å². The predicted octanol–water partition coefficient (Wildman–Crippen LogP) is 4.02. The summed E-state index contributed by atoms with van der Waals surface area (Å²) in [5, 5.41) is 12.7. The molecule has 0 saturated heterocycles. The third-order valence-electron chi connectivity index (χ3n) is 5.75. The Morgan fingerprint density at radius 1 is 1.15 bits per heavy atom. The van der Waals surface area contributed by atoms with Crippen LogP contribution in [0.1, 0.15) is 17.5 Å². The first-order valence-corrected chi connectivity index (χ1v) is 11.2. The highest BCUT2D eigenvalue weighted by Gasteiger charge is 2.16. The van der Waals surface area contributed by atoms with E-state index < -0.39 is 5.69 Å². The molecule has 0 amide bonds. The minimum Gasteiger partial charge on any atom is -0.324 e. The first kappa shape index (κ1) is 21.6. The molecule has 2 aromatic heterocycles. The van der Waals surface area contributed by atoms with E-state index in [0.717, 1.165) is 36.2 Å². The number of H-pyrrole nitrogens is 1. The van der Waals surface area contributed by atoms with Gasteiger partial charge in [-0.15, -0.1) is 0 Å². The lowest BCUT2D eigenvalue weighted by Crippen LogP contribution is -2.34. The number of hydrogen-bond donors (Lipinski definition) is 3. The van der Waals surface area contributed by atoms with Crippen LogP contribution in [0.4, 0.5) is 11.6 Å². The quantitative estimate of drug-likeness (QED) is 0.410. The lowest BCUT2D eigenvalue weighted by molar-refractivity contribution is 0.332. The maximum Gasteiger partial charge on any atom is 0.333 e. The molecule has 0 atom stereocenters. The fourth-order valence-electron chi connectivity index (χ4n) is 4.13. The van der Waals surface area contributed by atoms with Crippen LogP contribution in [0, 0.1) is 5.41 Å². The molecular weight excluding hydrogens is 461 g/mol. The van der Waals surface area contributed by atoms with Gasteiger partial charge in [0.1, 0.15) is 5.49 Å². The van der Waals surface area contributed by atoms with E-state index >= 15 is 0 Å². The maximum absolute atomic E-state index is 12.8. The number of aryl methyl sites for hydroxylation is 1. The van der Waals surface area contributed by atoms with E-state index in [4.69, 9.17) is 28.6 Å². The van der Waals surface area contributed by atoms with Crippen molar-refractivity contribution in [3.05, 3.63) is 79.7 Å². The Hall–Kier alpha value is -3.20. The molecule has 1 aliphatic rings.